The number of para-hydroxylation sites is 4. The molecule has 202 valence electrons. The normalized spacial score (nSPS) is 12.7. The lowest BCUT2D eigenvalue weighted by Gasteiger charge is -2.43. The molecule has 0 saturated carbocycles. The zero-order valence-electron chi connectivity index (χ0n) is 25.3. The van der Waals surface area contributed by atoms with Crippen LogP contribution in [0.3, 0.4) is 0 Å². The van der Waals surface area contributed by atoms with Gasteiger partial charge in [0, 0.05) is 48.7 Å². The van der Waals surface area contributed by atoms with Crippen LogP contribution in [0.4, 0.5) is 22.7 Å². The molecule has 0 unspecified atom stereocenters. The molecule has 0 saturated heterocycles. The molecule has 0 amide bonds. The number of benzene rings is 4. The van der Waals surface area contributed by atoms with Gasteiger partial charge in [-0.1, -0.05) is 128 Å². The maximum absolute atomic E-state index is 2.34. The predicted molar refractivity (Wildman–Crippen MR) is 171 cm³/mol. The van der Waals surface area contributed by atoms with Gasteiger partial charge in [0.1, 0.15) is 0 Å². The van der Waals surface area contributed by atoms with E-state index in [1.807, 2.05) is 55.4 Å². The molecule has 38 heavy (non-hydrogen) atoms. The molecule has 0 spiro atoms. The number of hydrogen-bond donors (Lipinski definition) is 0. The van der Waals surface area contributed by atoms with Crippen molar-refractivity contribution in [3.8, 4) is 0 Å². The third kappa shape index (κ3) is 5.50. The van der Waals surface area contributed by atoms with Crippen molar-refractivity contribution in [1.29, 1.82) is 0 Å². The molecule has 2 heteroatoms. The van der Waals surface area contributed by atoms with E-state index < -0.39 is 0 Å². The fraction of sp³-hybridized carbons (Fsp3) is 0.333. The Balaban J connectivity index is 0.000000583. The second-order valence-corrected chi connectivity index (χ2v) is 8.31. The van der Waals surface area contributed by atoms with E-state index in [2.05, 4.69) is 121 Å². The highest BCUT2D eigenvalue weighted by Crippen LogP contribution is 2.57. The van der Waals surface area contributed by atoms with Crippen LogP contribution in [0.2, 0.25) is 0 Å². The molecular formula is C36H48N2. The van der Waals surface area contributed by atoms with Gasteiger partial charge >= 0.3 is 0 Å². The summed E-state index contributed by atoms with van der Waals surface area (Å²) < 4.78 is 0. The van der Waals surface area contributed by atoms with Gasteiger partial charge in [-0.3, -0.25) is 0 Å². The minimum atomic E-state index is 0.268. The van der Waals surface area contributed by atoms with E-state index in [1.54, 1.807) is 0 Å². The first-order valence-electron chi connectivity index (χ1n) is 14.6. The van der Waals surface area contributed by atoms with Crippen LogP contribution >= 0.6 is 0 Å². The SMILES string of the molecule is CC.CC.CC.CC.CN1c2ccccc2C(C2c3ccccc3N(C)c3ccccc32)c2ccccc21. The molecule has 0 aliphatic carbocycles. The Morgan fingerprint density at radius 2 is 0.526 bits per heavy atom. The van der Waals surface area contributed by atoms with Gasteiger partial charge in [-0.25, -0.2) is 0 Å². The lowest BCUT2D eigenvalue weighted by Crippen LogP contribution is -2.29. The summed E-state index contributed by atoms with van der Waals surface area (Å²) in [5.74, 6) is 0.536. The van der Waals surface area contributed by atoms with Gasteiger partial charge in [-0.05, 0) is 46.5 Å². The van der Waals surface area contributed by atoms with Crippen molar-refractivity contribution >= 4 is 22.7 Å². The van der Waals surface area contributed by atoms with Gasteiger partial charge in [-0.2, -0.15) is 0 Å². The number of fused-ring (bicyclic) bond motifs is 4. The van der Waals surface area contributed by atoms with Crippen molar-refractivity contribution in [2.24, 2.45) is 0 Å². The molecule has 4 aromatic rings. The smallest absolute Gasteiger partial charge is 0.0447 e. The van der Waals surface area contributed by atoms with Gasteiger partial charge in [0.2, 0.25) is 0 Å². The molecule has 0 N–H and O–H groups in total. The average Bonchev–Trinajstić information content (AvgIpc) is 3.03. The van der Waals surface area contributed by atoms with E-state index in [0.717, 1.165) is 0 Å². The van der Waals surface area contributed by atoms with Crippen LogP contribution in [0.5, 0.6) is 0 Å². The molecule has 2 aliphatic heterocycles. The quantitative estimate of drug-likeness (QED) is 0.252. The summed E-state index contributed by atoms with van der Waals surface area (Å²) in [7, 11) is 4.37. The van der Waals surface area contributed by atoms with Crippen molar-refractivity contribution in [3.63, 3.8) is 0 Å². The molecule has 0 bridgehead atoms. The summed E-state index contributed by atoms with van der Waals surface area (Å²) >= 11 is 0. The number of nitrogens with zero attached hydrogens (tertiary/aromatic N) is 2. The van der Waals surface area contributed by atoms with E-state index in [9.17, 15) is 0 Å². The van der Waals surface area contributed by atoms with Crippen LogP contribution in [0.1, 0.15) is 89.5 Å². The Morgan fingerprint density at radius 3 is 0.737 bits per heavy atom. The van der Waals surface area contributed by atoms with Crippen molar-refractivity contribution in [3.05, 3.63) is 119 Å². The average molecular weight is 509 g/mol. The zero-order valence-corrected chi connectivity index (χ0v) is 25.3. The Hall–Kier alpha value is -3.52. The highest BCUT2D eigenvalue weighted by molar-refractivity contribution is 5.81. The van der Waals surface area contributed by atoms with E-state index in [1.165, 1.54) is 45.0 Å². The Kier molecular flexibility index (Phi) is 12.1. The maximum Gasteiger partial charge on any atom is 0.0447 e. The van der Waals surface area contributed by atoms with Crippen molar-refractivity contribution in [2.75, 3.05) is 23.9 Å². The van der Waals surface area contributed by atoms with Gasteiger partial charge < -0.3 is 9.80 Å². The monoisotopic (exact) mass is 508 g/mol. The molecule has 2 heterocycles. The fourth-order valence-electron chi connectivity index (χ4n) is 5.54. The zero-order chi connectivity index (χ0) is 28.2. The van der Waals surface area contributed by atoms with Crippen LogP contribution in [0.15, 0.2) is 97.1 Å². The second-order valence-electron chi connectivity index (χ2n) is 8.31. The third-order valence-corrected chi connectivity index (χ3v) is 6.87. The van der Waals surface area contributed by atoms with Crippen LogP contribution in [-0.4, -0.2) is 14.1 Å². The minimum Gasteiger partial charge on any atom is -0.344 e. The topological polar surface area (TPSA) is 6.48 Å². The first kappa shape index (κ1) is 30.7. The molecule has 0 aromatic heterocycles. The van der Waals surface area contributed by atoms with Crippen LogP contribution < -0.4 is 9.80 Å². The molecule has 6 rings (SSSR count). The number of rotatable bonds is 1. The first-order valence-corrected chi connectivity index (χ1v) is 14.6. The molecule has 2 nitrogen and oxygen atoms in total. The van der Waals surface area contributed by atoms with Gasteiger partial charge in [0.25, 0.3) is 0 Å². The molecule has 0 atom stereocenters. The first-order chi connectivity index (χ1) is 18.8. The van der Waals surface area contributed by atoms with E-state index in [4.69, 9.17) is 0 Å². The highest BCUT2D eigenvalue weighted by atomic mass is 15.1. The summed E-state index contributed by atoms with van der Waals surface area (Å²) in [6.45, 7) is 16.0. The highest BCUT2D eigenvalue weighted by Gasteiger charge is 2.40. The largest absolute Gasteiger partial charge is 0.344 e. The predicted octanol–water partition coefficient (Wildman–Crippen LogP) is 10.9. The van der Waals surface area contributed by atoms with E-state index in [0.29, 0.717) is 0 Å². The fourth-order valence-corrected chi connectivity index (χ4v) is 5.54. The molecule has 2 aliphatic rings. The van der Waals surface area contributed by atoms with E-state index in [-0.39, 0.29) is 11.8 Å². The summed E-state index contributed by atoms with van der Waals surface area (Å²) in [6, 6.07) is 35.6. The Morgan fingerprint density at radius 1 is 0.342 bits per heavy atom. The summed E-state index contributed by atoms with van der Waals surface area (Å²) in [5, 5.41) is 0. The van der Waals surface area contributed by atoms with Crippen LogP contribution in [-0.2, 0) is 0 Å². The summed E-state index contributed by atoms with van der Waals surface area (Å²) in [6.07, 6.45) is 0. The lowest BCUT2D eigenvalue weighted by atomic mass is 9.69. The van der Waals surface area contributed by atoms with Crippen LogP contribution in [0, 0.1) is 0 Å². The molecule has 4 aromatic carbocycles. The van der Waals surface area contributed by atoms with Crippen molar-refractivity contribution in [1.82, 2.24) is 0 Å². The van der Waals surface area contributed by atoms with Crippen molar-refractivity contribution in [2.45, 2.75) is 67.2 Å². The molecular weight excluding hydrogens is 460 g/mol. The third-order valence-electron chi connectivity index (χ3n) is 6.87. The van der Waals surface area contributed by atoms with E-state index >= 15 is 0 Å². The van der Waals surface area contributed by atoms with Gasteiger partial charge in [0.05, 0.1) is 0 Å². The van der Waals surface area contributed by atoms with Gasteiger partial charge in [-0.15, -0.1) is 0 Å². The van der Waals surface area contributed by atoms with Gasteiger partial charge in [0.15, 0.2) is 0 Å². The molecule has 0 radical (unpaired) electrons. The number of anilines is 4. The lowest BCUT2D eigenvalue weighted by molar-refractivity contribution is 0.675. The standard InChI is InChI=1S/C28H24N2.4C2H6/c1-29-23-15-7-3-11-19(23)27(20-12-4-8-16-24(20)29)28-21-13-5-9-17-25(21)30(2)26-18-10-6-14-22(26)28;4*1-2/h3-18,27-28H,1-2H3;4*1-2H3. The maximum atomic E-state index is 2.34. The Bertz CT molecular complexity index is 1070. The second kappa shape index (κ2) is 15.0. The number of hydrogen-bond acceptors (Lipinski definition) is 2. The Labute approximate surface area is 233 Å². The summed E-state index contributed by atoms with van der Waals surface area (Å²) in [5.41, 5.74) is 10.8. The van der Waals surface area contributed by atoms with Crippen molar-refractivity contribution < 1.29 is 0 Å². The minimum absolute atomic E-state index is 0.268. The summed E-state index contributed by atoms with van der Waals surface area (Å²) in [4.78, 5) is 4.68. The van der Waals surface area contributed by atoms with Crippen LogP contribution in [0.25, 0.3) is 0 Å². The molecule has 0 fully saturated rings.